The predicted molar refractivity (Wildman–Crippen MR) is 106 cm³/mol. The van der Waals surface area contributed by atoms with Crippen molar-refractivity contribution in [3.05, 3.63) is 0 Å². The summed E-state index contributed by atoms with van der Waals surface area (Å²) in [7, 11) is -0.721. The second-order valence-corrected chi connectivity index (χ2v) is 9.48. The van der Waals surface area contributed by atoms with Crippen LogP contribution in [0.15, 0.2) is 0 Å². The number of ether oxygens (including phenoxy) is 5. The molecule has 1 heterocycles. The SMILES string of the molecule is CC(=O)OC[C@H]1O[C@H](OC(C)=O)[C@H]([N+](C)(C)C)[C@@H](OC(C)=O)[C@@H]1OC(C)=O.O=S(=O)([O-])C(F)(F)F. The topological polar surface area (TPSA) is 172 Å². The number of quaternary nitrogens is 1. The van der Waals surface area contributed by atoms with E-state index in [4.69, 9.17) is 36.7 Å². The summed E-state index contributed by atoms with van der Waals surface area (Å²) in [6, 6.07) is -0.698. The first-order valence-electron chi connectivity index (χ1n) is 9.71. The smallest absolute Gasteiger partial charge is 0.485 e. The van der Waals surface area contributed by atoms with Gasteiger partial charge in [-0.25, -0.2) is 8.42 Å². The van der Waals surface area contributed by atoms with Gasteiger partial charge in [0.25, 0.3) is 6.29 Å². The van der Waals surface area contributed by atoms with Gasteiger partial charge in [0, 0.05) is 27.7 Å². The lowest BCUT2D eigenvalue weighted by molar-refractivity contribution is -0.909. The number of nitrogens with zero attached hydrogens (tertiary/aromatic N) is 1. The third kappa shape index (κ3) is 11.2. The van der Waals surface area contributed by atoms with Gasteiger partial charge in [0.1, 0.15) is 12.7 Å². The van der Waals surface area contributed by atoms with Crippen molar-refractivity contribution in [1.82, 2.24) is 0 Å². The molecule has 0 unspecified atom stereocenters. The molecule has 0 bridgehead atoms. The van der Waals surface area contributed by atoms with E-state index in [9.17, 15) is 32.3 Å². The van der Waals surface area contributed by atoms with Crippen molar-refractivity contribution in [2.45, 2.75) is 63.8 Å². The minimum absolute atomic E-state index is 0.175. The second-order valence-electron chi connectivity index (χ2n) is 8.11. The Morgan fingerprint density at radius 2 is 1.26 bits per heavy atom. The molecule has 0 aromatic heterocycles. The van der Waals surface area contributed by atoms with Crippen molar-refractivity contribution in [1.29, 1.82) is 0 Å². The fourth-order valence-electron chi connectivity index (χ4n) is 2.95. The number of alkyl halides is 3. The highest BCUT2D eigenvalue weighted by Crippen LogP contribution is 2.32. The van der Waals surface area contributed by atoms with Crippen LogP contribution in [-0.2, 0) is 53.0 Å². The minimum Gasteiger partial charge on any atom is -0.741 e. The van der Waals surface area contributed by atoms with E-state index < -0.39 is 70.1 Å². The molecule has 5 atom stereocenters. The molecule has 1 aliphatic heterocycles. The van der Waals surface area contributed by atoms with E-state index in [0.717, 1.165) is 0 Å². The minimum atomic E-state index is -6.09. The number of hydrogen-bond acceptors (Lipinski definition) is 12. The Labute approximate surface area is 199 Å². The highest BCUT2D eigenvalue weighted by atomic mass is 32.2. The van der Waals surface area contributed by atoms with Crippen molar-refractivity contribution < 1.29 is 73.5 Å². The van der Waals surface area contributed by atoms with Crippen LogP contribution in [0.2, 0.25) is 0 Å². The van der Waals surface area contributed by atoms with Crippen molar-refractivity contribution >= 4 is 34.0 Å². The summed E-state index contributed by atoms with van der Waals surface area (Å²) in [5.74, 6) is -2.40. The van der Waals surface area contributed by atoms with Crippen LogP contribution in [0.3, 0.4) is 0 Å². The first kappa shape index (κ1) is 32.5. The van der Waals surface area contributed by atoms with E-state index in [2.05, 4.69) is 0 Å². The van der Waals surface area contributed by atoms with Gasteiger partial charge < -0.3 is 32.7 Å². The van der Waals surface area contributed by atoms with E-state index in [0.29, 0.717) is 0 Å². The third-order valence-electron chi connectivity index (χ3n) is 4.13. The molecule has 1 rings (SSSR count). The number of esters is 4. The first-order chi connectivity index (χ1) is 15.6. The van der Waals surface area contributed by atoms with Crippen molar-refractivity contribution in [3.63, 3.8) is 0 Å². The third-order valence-corrected chi connectivity index (χ3v) is 4.70. The summed E-state index contributed by atoms with van der Waals surface area (Å²) in [5.41, 5.74) is -5.65. The van der Waals surface area contributed by atoms with Crippen LogP contribution in [0.1, 0.15) is 27.7 Å². The molecular formula is C18H28F3NO12S. The Morgan fingerprint density at radius 3 is 1.57 bits per heavy atom. The fraction of sp³-hybridized carbons (Fsp3) is 0.778. The van der Waals surface area contributed by atoms with Crippen LogP contribution in [-0.4, -0.2) is 105 Å². The van der Waals surface area contributed by atoms with Crippen LogP contribution in [0.25, 0.3) is 0 Å². The molecule has 1 aliphatic rings. The summed E-state index contributed by atoms with van der Waals surface area (Å²) in [6.45, 7) is 4.58. The number of carbonyl (C=O) groups is 4. The maximum absolute atomic E-state index is 11.7. The standard InChI is InChI=1S/C17H28NO9.CHF3O3S/c1-9(19)23-8-13-15(24-10(2)20)16(25-11(3)21)14(18(5,6)7)17(27-13)26-12(4)22;2-1(3,4)8(5,6)7/h13-17H,8H2,1-7H3;(H,5,6,7)/q+1;/p-1/t13-,14-,15-,16-,17+;/m1./s1. The quantitative estimate of drug-likeness (QED) is 0.144. The zero-order valence-corrected chi connectivity index (χ0v) is 20.8. The Kier molecular flexibility index (Phi) is 11.6. The van der Waals surface area contributed by atoms with E-state index in [-0.39, 0.29) is 11.1 Å². The van der Waals surface area contributed by atoms with Crippen LogP contribution in [0.4, 0.5) is 13.2 Å². The van der Waals surface area contributed by atoms with Gasteiger partial charge in [-0.05, 0) is 0 Å². The van der Waals surface area contributed by atoms with E-state index in [1.807, 2.05) is 0 Å². The largest absolute Gasteiger partial charge is 0.741 e. The van der Waals surface area contributed by atoms with Gasteiger partial charge in [-0.15, -0.1) is 0 Å². The number of hydrogen-bond donors (Lipinski definition) is 0. The monoisotopic (exact) mass is 539 g/mol. The fourth-order valence-corrected chi connectivity index (χ4v) is 2.95. The van der Waals surface area contributed by atoms with E-state index >= 15 is 0 Å². The second kappa shape index (κ2) is 12.5. The van der Waals surface area contributed by atoms with Gasteiger partial charge in [0.05, 0.1) is 21.1 Å². The number of rotatable bonds is 6. The lowest BCUT2D eigenvalue weighted by Gasteiger charge is -2.48. The normalized spacial score (nSPS) is 24.8. The van der Waals surface area contributed by atoms with Gasteiger partial charge in [-0.2, -0.15) is 13.2 Å². The van der Waals surface area contributed by atoms with Crippen molar-refractivity contribution in [2.75, 3.05) is 27.7 Å². The molecule has 0 aromatic rings. The lowest BCUT2D eigenvalue weighted by Crippen LogP contribution is -2.70. The van der Waals surface area contributed by atoms with Crippen LogP contribution in [0, 0.1) is 0 Å². The number of halogens is 3. The molecule has 0 spiro atoms. The number of carbonyl (C=O) groups excluding carboxylic acids is 4. The Hall–Kier alpha value is -2.50. The molecule has 0 aliphatic carbocycles. The van der Waals surface area contributed by atoms with Gasteiger partial charge in [0.2, 0.25) is 0 Å². The maximum Gasteiger partial charge on any atom is 0.485 e. The molecule has 0 radical (unpaired) electrons. The zero-order chi connectivity index (χ0) is 27.9. The molecule has 17 heteroatoms. The van der Waals surface area contributed by atoms with E-state index in [1.165, 1.54) is 27.7 Å². The summed E-state index contributed by atoms with van der Waals surface area (Å²) in [4.78, 5) is 46.1. The Bertz CT molecular complexity index is 884. The Balaban J connectivity index is 0.00000124. The molecule has 13 nitrogen and oxygen atoms in total. The molecule has 0 amide bonds. The lowest BCUT2D eigenvalue weighted by atomic mass is 9.94. The molecule has 0 saturated carbocycles. The zero-order valence-electron chi connectivity index (χ0n) is 20.0. The molecule has 0 N–H and O–H groups in total. The van der Waals surface area contributed by atoms with E-state index in [1.54, 1.807) is 21.1 Å². The van der Waals surface area contributed by atoms with Crippen LogP contribution in [0.5, 0.6) is 0 Å². The highest BCUT2D eigenvalue weighted by Gasteiger charge is 2.57. The maximum atomic E-state index is 11.7. The molecule has 1 fully saturated rings. The van der Waals surface area contributed by atoms with Gasteiger partial charge >= 0.3 is 29.4 Å². The number of likely N-dealkylation sites (N-methyl/N-ethyl adjacent to an activating group) is 1. The first-order valence-corrected chi connectivity index (χ1v) is 11.1. The summed E-state index contributed by atoms with van der Waals surface area (Å²) in [5, 5.41) is 0. The van der Waals surface area contributed by atoms with Gasteiger partial charge in [0.15, 0.2) is 28.4 Å². The molecule has 204 valence electrons. The average molecular weight is 539 g/mol. The Morgan fingerprint density at radius 1 is 0.857 bits per heavy atom. The molecule has 0 aromatic carbocycles. The van der Waals surface area contributed by atoms with Gasteiger partial charge in [-0.3, -0.25) is 19.2 Å². The van der Waals surface area contributed by atoms with Gasteiger partial charge in [-0.1, -0.05) is 0 Å². The van der Waals surface area contributed by atoms with Crippen LogP contribution >= 0.6 is 0 Å². The summed E-state index contributed by atoms with van der Waals surface area (Å²) < 4.78 is 85.9. The summed E-state index contributed by atoms with van der Waals surface area (Å²) in [6.07, 6.45) is -4.15. The average Bonchev–Trinajstić information content (AvgIpc) is 2.58. The predicted octanol–water partition coefficient (Wildman–Crippen LogP) is -0.173. The summed E-state index contributed by atoms with van der Waals surface area (Å²) >= 11 is 0. The molecule has 1 saturated heterocycles. The molecule has 35 heavy (non-hydrogen) atoms. The van der Waals surface area contributed by atoms with Crippen molar-refractivity contribution in [2.24, 2.45) is 0 Å². The molecular weight excluding hydrogens is 511 g/mol. The van der Waals surface area contributed by atoms with Crippen LogP contribution < -0.4 is 0 Å². The highest BCUT2D eigenvalue weighted by molar-refractivity contribution is 7.86. The van der Waals surface area contributed by atoms with Crippen molar-refractivity contribution in [3.8, 4) is 0 Å².